The van der Waals surface area contributed by atoms with E-state index < -0.39 is 0 Å². The van der Waals surface area contributed by atoms with Gasteiger partial charge in [-0.2, -0.15) is 0 Å². The van der Waals surface area contributed by atoms with Gasteiger partial charge < -0.3 is 15.7 Å². The van der Waals surface area contributed by atoms with Crippen molar-refractivity contribution in [1.29, 1.82) is 0 Å². The maximum Gasteiger partial charge on any atom is 1.00 e. The van der Waals surface area contributed by atoms with Crippen LogP contribution in [0.5, 0.6) is 0 Å². The molecule has 0 radical (unpaired) electrons. The minimum Gasteiger partial charge on any atom is -1.00 e. The Kier molecular flexibility index (Phi) is 72.5. The molecule has 0 aromatic carbocycles. The molecule has 0 saturated carbocycles. The van der Waals surface area contributed by atoms with E-state index in [1.54, 1.807) is 0 Å². The van der Waals surface area contributed by atoms with Gasteiger partial charge in [0.15, 0.2) is 0 Å². The molecule has 0 spiro atoms. The molecule has 0 rings (SSSR count). The third-order valence-corrected chi connectivity index (χ3v) is 0.167. The van der Waals surface area contributed by atoms with Gasteiger partial charge in [0.2, 0.25) is 0 Å². The zero-order valence-electron chi connectivity index (χ0n) is 8.57. The summed E-state index contributed by atoms with van der Waals surface area (Å²) >= 11 is 0. The summed E-state index contributed by atoms with van der Waals surface area (Å²) in [6.07, 6.45) is 0. The molecule has 0 unspecified atom stereocenters. The number of rotatable bonds is 1. The molecule has 0 aromatic heterocycles. The van der Waals surface area contributed by atoms with E-state index in [0.717, 1.165) is 0 Å². The van der Waals surface area contributed by atoms with Gasteiger partial charge in [-0.1, -0.05) is 0 Å². The number of hydrogen-bond acceptors (Lipinski definition) is 2. The SMILES string of the molecule is NCCN.[H-].[H-].[H-].[K+].[K+].[K+]. The molecule has 0 aliphatic rings. The van der Waals surface area contributed by atoms with Gasteiger partial charge in [-0.15, -0.1) is 0 Å². The summed E-state index contributed by atoms with van der Waals surface area (Å²) < 4.78 is 0. The van der Waals surface area contributed by atoms with E-state index in [1.807, 2.05) is 0 Å². The van der Waals surface area contributed by atoms with Crippen molar-refractivity contribution in [2.24, 2.45) is 11.5 Å². The van der Waals surface area contributed by atoms with Gasteiger partial charge in [-0.25, -0.2) is 0 Å². The van der Waals surface area contributed by atoms with Crippen LogP contribution in [0.25, 0.3) is 0 Å². The molecule has 5 heteroatoms. The van der Waals surface area contributed by atoms with Crippen LogP contribution >= 0.6 is 0 Å². The summed E-state index contributed by atoms with van der Waals surface area (Å²) in [4.78, 5) is 0. The van der Waals surface area contributed by atoms with E-state index in [0.29, 0.717) is 13.1 Å². The van der Waals surface area contributed by atoms with E-state index in [9.17, 15) is 0 Å². The summed E-state index contributed by atoms with van der Waals surface area (Å²) in [5.74, 6) is 0. The second kappa shape index (κ2) is 22.4. The largest absolute Gasteiger partial charge is 1.00 e. The fourth-order valence-electron chi connectivity index (χ4n) is 0. The van der Waals surface area contributed by atoms with Gasteiger partial charge in [0.05, 0.1) is 0 Å². The molecule has 0 aliphatic heterocycles. The summed E-state index contributed by atoms with van der Waals surface area (Å²) in [6.45, 7) is 1.19. The first kappa shape index (κ1) is 22.6. The predicted molar refractivity (Wildman–Crippen MR) is 21.4 cm³/mol. The monoisotopic (exact) mass is 180 g/mol. The van der Waals surface area contributed by atoms with Crippen molar-refractivity contribution in [2.45, 2.75) is 0 Å². The molecule has 0 saturated heterocycles. The average molecular weight is 180 g/mol. The Morgan fingerprint density at radius 3 is 1.00 bits per heavy atom. The molecule has 0 bridgehead atoms. The van der Waals surface area contributed by atoms with Crippen molar-refractivity contribution in [3.8, 4) is 0 Å². The maximum atomic E-state index is 4.90. The van der Waals surface area contributed by atoms with Crippen LogP contribution in [0.2, 0.25) is 0 Å². The quantitative estimate of drug-likeness (QED) is 0.394. The maximum absolute atomic E-state index is 4.90. The van der Waals surface area contributed by atoms with Gasteiger partial charge in [-0.05, 0) is 0 Å². The van der Waals surface area contributed by atoms with Crippen LogP contribution in [0.15, 0.2) is 0 Å². The van der Waals surface area contributed by atoms with Crippen LogP contribution in [0.4, 0.5) is 0 Å². The third kappa shape index (κ3) is 24.8. The average Bonchev–Trinajstić information content (AvgIpc) is 1.37. The van der Waals surface area contributed by atoms with E-state index in [1.165, 1.54) is 0 Å². The second-order valence-corrected chi connectivity index (χ2v) is 0.577. The van der Waals surface area contributed by atoms with Crippen molar-refractivity contribution in [3.05, 3.63) is 0 Å². The first-order valence-electron chi connectivity index (χ1n) is 1.32. The molecule has 0 amide bonds. The number of nitrogens with two attached hydrogens (primary N) is 2. The molecular weight excluding hydrogens is 169 g/mol. The predicted octanol–water partition coefficient (Wildman–Crippen LogP) is -9.75. The number of hydrogen-bond donors (Lipinski definition) is 2. The second-order valence-electron chi connectivity index (χ2n) is 0.577. The van der Waals surface area contributed by atoms with E-state index in [-0.39, 0.29) is 158 Å². The third-order valence-electron chi connectivity index (χ3n) is 0.167. The molecule has 4 N–H and O–H groups in total. The Labute approximate surface area is 177 Å². The molecule has 0 fully saturated rings. The Hall–Kier alpha value is 4.83. The smallest absolute Gasteiger partial charge is 1.00 e. The summed E-state index contributed by atoms with van der Waals surface area (Å²) in [5, 5.41) is 0. The normalized spacial score (nSPS) is 4.29. The standard InChI is InChI=1S/C2H8N2.3K.3H/c3-1-2-4;;;;;;/h1-4H2;;;;;;/q;3*+1;3*-1. The summed E-state index contributed by atoms with van der Waals surface area (Å²) in [6, 6.07) is 0. The van der Waals surface area contributed by atoms with E-state index in [4.69, 9.17) is 11.5 Å². The fraction of sp³-hybridized carbons (Fsp3) is 1.00. The fourth-order valence-corrected chi connectivity index (χ4v) is 0. The Morgan fingerprint density at radius 1 is 0.857 bits per heavy atom. The molecule has 0 heterocycles. The molecule has 0 aliphatic carbocycles. The van der Waals surface area contributed by atoms with E-state index in [2.05, 4.69) is 0 Å². The van der Waals surface area contributed by atoms with Crippen molar-refractivity contribution in [2.75, 3.05) is 13.1 Å². The molecule has 7 heavy (non-hydrogen) atoms. The van der Waals surface area contributed by atoms with Crippen LogP contribution in [-0.4, -0.2) is 13.1 Å². The summed E-state index contributed by atoms with van der Waals surface area (Å²) in [5.41, 5.74) is 9.81. The van der Waals surface area contributed by atoms with Crippen molar-refractivity contribution in [1.82, 2.24) is 0 Å². The van der Waals surface area contributed by atoms with Crippen molar-refractivity contribution >= 4 is 0 Å². The molecule has 32 valence electrons. The molecule has 0 atom stereocenters. The van der Waals surface area contributed by atoms with Gasteiger partial charge >= 0.3 is 154 Å². The Morgan fingerprint density at radius 2 is 1.00 bits per heavy atom. The molecule has 0 aromatic rings. The van der Waals surface area contributed by atoms with Gasteiger partial charge in [0.1, 0.15) is 0 Å². The Bertz CT molecular complexity index is 21.7. The molecule has 2 nitrogen and oxygen atoms in total. The topological polar surface area (TPSA) is 52.0 Å². The van der Waals surface area contributed by atoms with E-state index >= 15 is 0 Å². The molecular formula is C2H11K3N2. The minimum absolute atomic E-state index is 0. The van der Waals surface area contributed by atoms with Crippen molar-refractivity contribution < 1.29 is 158 Å². The zero-order chi connectivity index (χ0) is 3.41. The van der Waals surface area contributed by atoms with Gasteiger partial charge in [0, 0.05) is 13.1 Å². The Balaban J connectivity index is -0.00000000300. The first-order chi connectivity index (χ1) is 1.91. The summed E-state index contributed by atoms with van der Waals surface area (Å²) in [7, 11) is 0. The zero-order valence-corrected chi connectivity index (χ0v) is 14.9. The van der Waals surface area contributed by atoms with Gasteiger partial charge in [-0.3, -0.25) is 0 Å². The van der Waals surface area contributed by atoms with Crippen molar-refractivity contribution in [3.63, 3.8) is 0 Å². The first-order valence-corrected chi connectivity index (χ1v) is 1.32. The van der Waals surface area contributed by atoms with Crippen LogP contribution in [0.3, 0.4) is 0 Å². The van der Waals surface area contributed by atoms with Crippen LogP contribution in [0, 0.1) is 0 Å². The van der Waals surface area contributed by atoms with Crippen LogP contribution in [-0.2, 0) is 0 Å². The minimum atomic E-state index is 0. The van der Waals surface area contributed by atoms with Gasteiger partial charge in [0.25, 0.3) is 0 Å². The van der Waals surface area contributed by atoms with Crippen LogP contribution < -0.4 is 166 Å². The van der Waals surface area contributed by atoms with Crippen LogP contribution in [0.1, 0.15) is 4.28 Å².